The second kappa shape index (κ2) is 8.39. The lowest BCUT2D eigenvalue weighted by Gasteiger charge is -2.28. The van der Waals surface area contributed by atoms with E-state index in [2.05, 4.69) is 16.3 Å². The minimum absolute atomic E-state index is 0.119. The lowest BCUT2D eigenvalue weighted by atomic mass is 10.1. The van der Waals surface area contributed by atoms with E-state index in [9.17, 15) is 4.79 Å². The third kappa shape index (κ3) is 4.14. The van der Waals surface area contributed by atoms with Gasteiger partial charge in [-0.25, -0.2) is 0 Å². The molecule has 7 heteroatoms. The van der Waals surface area contributed by atoms with Gasteiger partial charge in [0.1, 0.15) is 5.69 Å². The van der Waals surface area contributed by atoms with Crippen LogP contribution in [0.3, 0.4) is 0 Å². The molecule has 0 fully saturated rings. The Kier molecular flexibility index (Phi) is 5.94. The van der Waals surface area contributed by atoms with Crippen LogP contribution in [0, 0.1) is 13.8 Å². The first kappa shape index (κ1) is 19.8. The van der Waals surface area contributed by atoms with Gasteiger partial charge in [-0.1, -0.05) is 35.0 Å². The van der Waals surface area contributed by atoms with Crippen molar-refractivity contribution in [2.24, 2.45) is 7.05 Å². The maximum Gasteiger partial charge on any atom is 0.293 e. The molecular formula is C21H26N4O3. The average molecular weight is 382 g/mol. The Morgan fingerprint density at radius 3 is 2.75 bits per heavy atom. The molecule has 1 atom stereocenters. The highest BCUT2D eigenvalue weighted by Crippen LogP contribution is 2.24. The lowest BCUT2D eigenvalue weighted by molar-refractivity contribution is 0.0504. The van der Waals surface area contributed by atoms with E-state index in [1.165, 1.54) is 0 Å². The van der Waals surface area contributed by atoms with E-state index in [1.807, 2.05) is 46.0 Å². The van der Waals surface area contributed by atoms with E-state index < -0.39 is 0 Å². The maximum atomic E-state index is 13.2. The molecule has 1 amide bonds. The largest absolute Gasteiger partial charge is 0.383 e. The molecular weight excluding hydrogens is 356 g/mol. The van der Waals surface area contributed by atoms with E-state index in [0.29, 0.717) is 18.8 Å². The summed E-state index contributed by atoms with van der Waals surface area (Å²) in [5.41, 5.74) is 4.61. The number of nitrogens with zero attached hydrogens (tertiary/aromatic N) is 4. The van der Waals surface area contributed by atoms with Gasteiger partial charge in [0.25, 0.3) is 5.91 Å². The van der Waals surface area contributed by atoms with Crippen molar-refractivity contribution >= 4 is 5.91 Å². The zero-order valence-electron chi connectivity index (χ0n) is 17.0. The zero-order chi connectivity index (χ0) is 20.3. The minimum atomic E-state index is -0.216. The van der Waals surface area contributed by atoms with Crippen LogP contribution in [0.4, 0.5) is 0 Å². The van der Waals surface area contributed by atoms with Crippen LogP contribution in [-0.4, -0.2) is 45.5 Å². The number of aromatic nitrogens is 3. The van der Waals surface area contributed by atoms with E-state index >= 15 is 0 Å². The molecule has 0 saturated carbocycles. The quantitative estimate of drug-likeness (QED) is 0.626. The number of amides is 1. The Bertz CT molecular complexity index is 960. The Labute approximate surface area is 164 Å². The van der Waals surface area contributed by atoms with Crippen molar-refractivity contribution in [2.75, 3.05) is 13.7 Å². The lowest BCUT2D eigenvalue weighted by Crippen LogP contribution is -2.40. The van der Waals surface area contributed by atoms with Crippen LogP contribution in [0.2, 0.25) is 0 Å². The molecule has 2 heterocycles. The van der Waals surface area contributed by atoms with Crippen LogP contribution in [0.5, 0.6) is 0 Å². The summed E-state index contributed by atoms with van der Waals surface area (Å²) >= 11 is 0. The highest BCUT2D eigenvalue weighted by Gasteiger charge is 2.26. The molecule has 0 N–H and O–H groups in total. The number of hydrogen-bond donors (Lipinski definition) is 0. The molecule has 0 saturated heterocycles. The van der Waals surface area contributed by atoms with Crippen molar-refractivity contribution in [3.63, 3.8) is 0 Å². The molecule has 3 aromatic rings. The third-order valence-electron chi connectivity index (χ3n) is 4.87. The molecule has 148 valence electrons. The Morgan fingerprint density at radius 1 is 1.32 bits per heavy atom. The maximum absolute atomic E-state index is 13.2. The molecule has 28 heavy (non-hydrogen) atoms. The number of methoxy groups -OCH3 is 1. The van der Waals surface area contributed by atoms with E-state index in [0.717, 1.165) is 22.4 Å². The number of benzene rings is 1. The van der Waals surface area contributed by atoms with Gasteiger partial charge < -0.3 is 14.2 Å². The van der Waals surface area contributed by atoms with Crippen LogP contribution in [-0.2, 0) is 18.3 Å². The highest BCUT2D eigenvalue weighted by molar-refractivity contribution is 5.92. The van der Waals surface area contributed by atoms with Crippen LogP contribution < -0.4 is 0 Å². The van der Waals surface area contributed by atoms with E-state index in [1.54, 1.807) is 29.0 Å². The first-order valence-corrected chi connectivity index (χ1v) is 9.21. The smallest absolute Gasteiger partial charge is 0.293 e. The number of carbonyl (C=O) groups is 1. The Balaban J connectivity index is 1.87. The standard InChI is InChI=1S/C21H26N4O3/c1-14-7-6-8-17(9-14)12-25(15(2)13-27-5)21(26)20-10-19(23-28-20)18-11-22-24(4)16(18)3/h6-11,15H,12-13H2,1-5H3/t15-/m0/s1. The molecule has 0 spiro atoms. The van der Waals surface area contributed by atoms with Gasteiger partial charge in [0.05, 0.1) is 18.8 Å². The average Bonchev–Trinajstić information content (AvgIpc) is 3.27. The van der Waals surface area contributed by atoms with Gasteiger partial charge in [0, 0.05) is 38.0 Å². The predicted octanol–water partition coefficient (Wildman–Crippen LogP) is 3.37. The SMILES string of the molecule is COC[C@H](C)N(Cc1cccc(C)c1)C(=O)c1cc(-c2cnn(C)c2C)no1. The van der Waals surface area contributed by atoms with Crippen molar-refractivity contribution in [3.05, 3.63) is 59.1 Å². The highest BCUT2D eigenvalue weighted by atomic mass is 16.5. The van der Waals surface area contributed by atoms with Crippen molar-refractivity contribution in [1.29, 1.82) is 0 Å². The summed E-state index contributed by atoms with van der Waals surface area (Å²) in [6, 6.07) is 9.67. The van der Waals surface area contributed by atoms with Gasteiger partial charge in [-0.2, -0.15) is 5.10 Å². The van der Waals surface area contributed by atoms with Gasteiger partial charge in [-0.05, 0) is 26.3 Å². The minimum Gasteiger partial charge on any atom is -0.383 e. The topological polar surface area (TPSA) is 73.4 Å². The second-order valence-electron chi connectivity index (χ2n) is 7.07. The fourth-order valence-electron chi connectivity index (χ4n) is 3.16. The number of carbonyl (C=O) groups excluding carboxylic acids is 1. The van der Waals surface area contributed by atoms with Gasteiger partial charge in [-0.3, -0.25) is 9.48 Å². The fourth-order valence-corrected chi connectivity index (χ4v) is 3.16. The first-order chi connectivity index (χ1) is 13.4. The molecule has 0 aliphatic carbocycles. The fraction of sp³-hybridized carbons (Fsp3) is 0.381. The molecule has 0 aliphatic rings. The first-order valence-electron chi connectivity index (χ1n) is 9.21. The zero-order valence-corrected chi connectivity index (χ0v) is 17.0. The molecule has 2 aromatic heterocycles. The summed E-state index contributed by atoms with van der Waals surface area (Å²) in [7, 11) is 3.49. The molecule has 3 rings (SSSR count). The monoisotopic (exact) mass is 382 g/mol. The molecule has 1 aromatic carbocycles. The molecule has 0 aliphatic heterocycles. The summed E-state index contributed by atoms with van der Waals surface area (Å²) in [6.45, 7) is 6.84. The Hall–Kier alpha value is -2.93. The van der Waals surface area contributed by atoms with Crippen LogP contribution in [0.25, 0.3) is 11.3 Å². The summed E-state index contributed by atoms with van der Waals surface area (Å²) in [4.78, 5) is 14.9. The van der Waals surface area contributed by atoms with Crippen molar-refractivity contribution in [3.8, 4) is 11.3 Å². The molecule has 0 radical (unpaired) electrons. The number of rotatable bonds is 7. The normalized spacial score (nSPS) is 12.2. The molecule has 0 unspecified atom stereocenters. The third-order valence-corrected chi connectivity index (χ3v) is 4.87. The summed E-state index contributed by atoms with van der Waals surface area (Å²) in [5, 5.41) is 8.31. The summed E-state index contributed by atoms with van der Waals surface area (Å²) < 4.78 is 12.4. The van der Waals surface area contributed by atoms with Gasteiger partial charge in [-0.15, -0.1) is 0 Å². The molecule has 0 bridgehead atoms. The van der Waals surface area contributed by atoms with Crippen molar-refractivity contribution in [2.45, 2.75) is 33.4 Å². The number of aryl methyl sites for hydroxylation is 2. The second-order valence-corrected chi connectivity index (χ2v) is 7.07. The Morgan fingerprint density at radius 2 is 2.11 bits per heavy atom. The number of ether oxygens (including phenoxy) is 1. The van der Waals surface area contributed by atoms with Crippen LogP contribution in [0.15, 0.2) is 41.1 Å². The number of hydrogen-bond acceptors (Lipinski definition) is 5. The van der Waals surface area contributed by atoms with Crippen LogP contribution >= 0.6 is 0 Å². The van der Waals surface area contributed by atoms with Gasteiger partial charge in [0.15, 0.2) is 0 Å². The summed E-state index contributed by atoms with van der Waals surface area (Å²) in [5.74, 6) is -0.0137. The van der Waals surface area contributed by atoms with Gasteiger partial charge in [0.2, 0.25) is 5.76 Å². The summed E-state index contributed by atoms with van der Waals surface area (Å²) in [6.07, 6.45) is 1.72. The predicted molar refractivity (Wildman–Crippen MR) is 106 cm³/mol. The molecule has 7 nitrogen and oxygen atoms in total. The van der Waals surface area contributed by atoms with E-state index in [4.69, 9.17) is 9.26 Å². The van der Waals surface area contributed by atoms with Crippen molar-refractivity contribution < 1.29 is 14.1 Å². The van der Waals surface area contributed by atoms with E-state index in [-0.39, 0.29) is 17.7 Å². The van der Waals surface area contributed by atoms with Gasteiger partial charge >= 0.3 is 0 Å². The van der Waals surface area contributed by atoms with Crippen molar-refractivity contribution in [1.82, 2.24) is 19.8 Å². The van der Waals surface area contributed by atoms with Crippen LogP contribution in [0.1, 0.15) is 34.3 Å².